The largest absolute Gasteiger partial charge is 0.477 e. The number of ether oxygens (including phenoxy) is 1. The van der Waals surface area contributed by atoms with Crippen LogP contribution in [-0.2, 0) is 26.1 Å². The van der Waals surface area contributed by atoms with Crippen LogP contribution in [0, 0.1) is 0 Å². The fourth-order valence-electron chi connectivity index (χ4n) is 1.68. The lowest BCUT2D eigenvalue weighted by molar-refractivity contribution is -0.142. The maximum Gasteiger partial charge on any atom is 0.352 e. The minimum absolute atomic E-state index is 0.0899. The molecular weight excluding hydrogens is 300 g/mol. The van der Waals surface area contributed by atoms with E-state index in [2.05, 4.69) is 9.46 Å². The summed E-state index contributed by atoms with van der Waals surface area (Å²) >= 11 is 0. The van der Waals surface area contributed by atoms with Gasteiger partial charge in [0.1, 0.15) is 10.6 Å². The summed E-state index contributed by atoms with van der Waals surface area (Å²) in [4.78, 5) is 22.0. The summed E-state index contributed by atoms with van der Waals surface area (Å²) in [7, 11) is -3.86. The highest BCUT2D eigenvalue weighted by Gasteiger charge is 2.20. The summed E-state index contributed by atoms with van der Waals surface area (Å²) in [6.45, 7) is 3.81. The Labute approximate surface area is 122 Å². The third kappa shape index (κ3) is 4.57. The molecule has 0 aromatic carbocycles. The van der Waals surface area contributed by atoms with Gasteiger partial charge in [0, 0.05) is 19.3 Å². The number of sulfonamides is 1. The third-order valence-electron chi connectivity index (χ3n) is 2.67. The Kier molecular flexibility index (Phi) is 5.91. The van der Waals surface area contributed by atoms with Crippen molar-refractivity contribution in [2.75, 3.05) is 13.2 Å². The molecule has 1 rings (SSSR count). The molecule has 1 aromatic heterocycles. The first-order valence-electron chi connectivity index (χ1n) is 6.40. The topological polar surface area (TPSA) is 115 Å². The quantitative estimate of drug-likeness (QED) is 0.672. The Balaban J connectivity index is 2.79. The zero-order valence-corrected chi connectivity index (χ0v) is 12.6. The molecule has 8 nitrogen and oxygen atoms in total. The van der Waals surface area contributed by atoms with Crippen LogP contribution in [0.2, 0.25) is 0 Å². The monoisotopic (exact) mass is 318 g/mol. The molecular formula is C12H18N2O6S. The molecule has 9 heteroatoms. The minimum Gasteiger partial charge on any atom is -0.477 e. The Hall–Kier alpha value is -1.87. The highest BCUT2D eigenvalue weighted by Crippen LogP contribution is 2.14. The highest BCUT2D eigenvalue weighted by molar-refractivity contribution is 7.89. The van der Waals surface area contributed by atoms with E-state index in [0.717, 1.165) is 6.07 Å². The molecule has 0 bridgehead atoms. The van der Waals surface area contributed by atoms with Crippen LogP contribution in [-0.4, -0.2) is 43.2 Å². The van der Waals surface area contributed by atoms with E-state index >= 15 is 0 Å². The fraction of sp³-hybridized carbons (Fsp3) is 0.500. The molecule has 2 N–H and O–H groups in total. The van der Waals surface area contributed by atoms with Crippen molar-refractivity contribution in [3.63, 3.8) is 0 Å². The van der Waals surface area contributed by atoms with Crippen molar-refractivity contribution in [1.29, 1.82) is 0 Å². The second kappa shape index (κ2) is 7.23. The van der Waals surface area contributed by atoms with Crippen LogP contribution in [0.4, 0.5) is 0 Å². The second-order valence-electron chi connectivity index (χ2n) is 4.11. The molecule has 118 valence electrons. The maximum absolute atomic E-state index is 12.0. The molecule has 0 unspecified atom stereocenters. The van der Waals surface area contributed by atoms with Crippen molar-refractivity contribution in [2.45, 2.75) is 31.7 Å². The summed E-state index contributed by atoms with van der Waals surface area (Å²) in [6, 6.07) is 1.08. The summed E-state index contributed by atoms with van der Waals surface area (Å²) in [5, 5.41) is 8.99. The van der Waals surface area contributed by atoms with Crippen molar-refractivity contribution < 1.29 is 27.9 Å². The van der Waals surface area contributed by atoms with Crippen LogP contribution < -0.4 is 4.72 Å². The number of aromatic carboxylic acids is 1. The zero-order valence-electron chi connectivity index (χ0n) is 11.8. The van der Waals surface area contributed by atoms with Gasteiger partial charge in [-0.3, -0.25) is 4.79 Å². The average Bonchev–Trinajstić information content (AvgIpc) is 2.83. The summed E-state index contributed by atoms with van der Waals surface area (Å²) in [5.74, 6) is -1.71. The number of esters is 1. The number of hydrogen-bond donors (Lipinski definition) is 2. The van der Waals surface area contributed by atoms with Crippen molar-refractivity contribution in [1.82, 2.24) is 9.29 Å². The normalized spacial score (nSPS) is 11.3. The van der Waals surface area contributed by atoms with Crippen LogP contribution in [0.25, 0.3) is 0 Å². The summed E-state index contributed by atoms with van der Waals surface area (Å²) < 4.78 is 32.2. The number of aryl methyl sites for hydroxylation is 1. The fourth-order valence-corrected chi connectivity index (χ4v) is 2.75. The number of carbonyl (C=O) groups excluding carboxylic acids is 1. The number of carbonyl (C=O) groups is 2. The predicted octanol–water partition coefficient (Wildman–Crippen LogP) is 0.438. The number of rotatable bonds is 8. The summed E-state index contributed by atoms with van der Waals surface area (Å²) in [5.41, 5.74) is -0.108. The van der Waals surface area contributed by atoms with E-state index in [1.807, 2.05) is 0 Å². The van der Waals surface area contributed by atoms with Crippen molar-refractivity contribution in [2.24, 2.45) is 0 Å². The van der Waals surface area contributed by atoms with Gasteiger partial charge >= 0.3 is 11.9 Å². The van der Waals surface area contributed by atoms with Gasteiger partial charge in [-0.1, -0.05) is 0 Å². The molecule has 0 saturated carbocycles. The van der Waals surface area contributed by atoms with Gasteiger partial charge in [-0.25, -0.2) is 17.9 Å². The lowest BCUT2D eigenvalue weighted by Crippen LogP contribution is -2.26. The lowest BCUT2D eigenvalue weighted by Gasteiger charge is -2.04. The van der Waals surface area contributed by atoms with Gasteiger partial charge in [0.2, 0.25) is 10.0 Å². The smallest absolute Gasteiger partial charge is 0.352 e. The molecule has 0 amide bonds. The first kappa shape index (κ1) is 17.2. The lowest BCUT2D eigenvalue weighted by atomic mass is 10.4. The van der Waals surface area contributed by atoms with Crippen LogP contribution in [0.15, 0.2) is 17.2 Å². The first-order chi connectivity index (χ1) is 9.81. The molecule has 0 aliphatic heterocycles. The van der Waals surface area contributed by atoms with E-state index in [1.54, 1.807) is 13.8 Å². The molecule has 1 aromatic rings. The average molecular weight is 318 g/mol. The Bertz CT molecular complexity index is 620. The molecule has 1 heterocycles. The molecule has 0 spiro atoms. The van der Waals surface area contributed by atoms with Crippen LogP contribution in [0.3, 0.4) is 0 Å². The zero-order chi connectivity index (χ0) is 16.0. The van der Waals surface area contributed by atoms with Gasteiger partial charge in [0.15, 0.2) is 0 Å². The van der Waals surface area contributed by atoms with E-state index in [1.165, 1.54) is 10.8 Å². The van der Waals surface area contributed by atoms with Crippen molar-refractivity contribution >= 4 is 22.0 Å². The van der Waals surface area contributed by atoms with Gasteiger partial charge in [-0.2, -0.15) is 0 Å². The predicted molar refractivity (Wildman–Crippen MR) is 73.5 cm³/mol. The van der Waals surface area contributed by atoms with Crippen molar-refractivity contribution in [3.05, 3.63) is 18.0 Å². The number of carboxylic acids is 1. The number of carboxylic acid groups (broad SMARTS) is 1. The van der Waals surface area contributed by atoms with Crippen LogP contribution in [0.1, 0.15) is 30.8 Å². The Morgan fingerprint density at radius 2 is 2.05 bits per heavy atom. The van der Waals surface area contributed by atoms with E-state index in [4.69, 9.17) is 5.11 Å². The molecule has 0 aliphatic carbocycles. The maximum atomic E-state index is 12.0. The van der Waals surface area contributed by atoms with Crippen molar-refractivity contribution in [3.8, 4) is 0 Å². The number of nitrogens with one attached hydrogen (secondary N) is 1. The van der Waals surface area contributed by atoms with E-state index < -0.39 is 22.0 Å². The van der Waals surface area contributed by atoms with Crippen LogP contribution >= 0.6 is 0 Å². The van der Waals surface area contributed by atoms with Gasteiger partial charge in [0.25, 0.3) is 0 Å². The minimum atomic E-state index is -3.86. The number of aromatic nitrogens is 1. The van der Waals surface area contributed by atoms with Crippen LogP contribution in [0.5, 0.6) is 0 Å². The molecule has 0 atom stereocenters. The standard InChI is InChI=1S/C12H18N2O6S/c1-3-14-8-9(7-10(14)12(16)17)21(18,19)13-6-5-11(15)20-4-2/h7-8,13H,3-6H2,1-2H3,(H,16,17). The van der Waals surface area contributed by atoms with E-state index in [0.29, 0.717) is 6.54 Å². The molecule has 0 fully saturated rings. The molecule has 0 aliphatic rings. The van der Waals surface area contributed by atoms with E-state index in [9.17, 15) is 18.0 Å². The van der Waals surface area contributed by atoms with Gasteiger partial charge in [0.05, 0.1) is 13.0 Å². The first-order valence-corrected chi connectivity index (χ1v) is 7.88. The molecule has 0 radical (unpaired) electrons. The number of nitrogens with zero attached hydrogens (tertiary/aromatic N) is 1. The van der Waals surface area contributed by atoms with Gasteiger partial charge in [-0.05, 0) is 19.9 Å². The number of hydrogen-bond acceptors (Lipinski definition) is 5. The summed E-state index contributed by atoms with van der Waals surface area (Å²) in [6.07, 6.45) is 1.16. The Morgan fingerprint density at radius 3 is 2.52 bits per heavy atom. The molecule has 21 heavy (non-hydrogen) atoms. The second-order valence-corrected chi connectivity index (χ2v) is 5.87. The van der Waals surface area contributed by atoms with Gasteiger partial charge in [-0.15, -0.1) is 0 Å². The SMILES string of the molecule is CCOC(=O)CCNS(=O)(=O)c1cc(C(=O)O)n(CC)c1. The highest BCUT2D eigenvalue weighted by atomic mass is 32.2. The Morgan fingerprint density at radius 1 is 1.38 bits per heavy atom. The van der Waals surface area contributed by atoms with Gasteiger partial charge < -0.3 is 14.4 Å². The molecule has 0 saturated heterocycles. The third-order valence-corrected chi connectivity index (χ3v) is 4.10. The van der Waals surface area contributed by atoms with E-state index in [-0.39, 0.29) is 30.2 Å².